The number of ether oxygens (including phenoxy) is 1. The van der Waals surface area contributed by atoms with Gasteiger partial charge in [-0.05, 0) is 20.8 Å². The molecule has 1 aliphatic heterocycles. The number of hydrogen-bond donors (Lipinski definition) is 1. The summed E-state index contributed by atoms with van der Waals surface area (Å²) in [7, 11) is 1.72. The number of rotatable bonds is 5. The van der Waals surface area contributed by atoms with Crippen molar-refractivity contribution in [1.82, 2.24) is 14.8 Å². The summed E-state index contributed by atoms with van der Waals surface area (Å²) >= 11 is 0. The topological polar surface area (TPSA) is 48.8 Å². The molecule has 1 aromatic rings. The monoisotopic (exact) mass is 293 g/mol. The highest BCUT2D eigenvalue weighted by atomic mass is 16.5. The van der Waals surface area contributed by atoms with Gasteiger partial charge in [-0.15, -0.1) is 0 Å². The molecule has 2 heterocycles. The number of pyridine rings is 1. The Kier molecular flexibility index (Phi) is 5.56. The van der Waals surface area contributed by atoms with Crippen LogP contribution >= 0.6 is 0 Å². The molecule has 1 fully saturated rings. The lowest BCUT2D eigenvalue weighted by atomic mass is 10.1. The van der Waals surface area contributed by atoms with Gasteiger partial charge in [0.2, 0.25) is 0 Å². The molecule has 0 aliphatic carbocycles. The Bertz CT molecular complexity index is 469. The second-order valence-corrected chi connectivity index (χ2v) is 5.97. The molecule has 118 valence electrons. The van der Waals surface area contributed by atoms with Crippen molar-refractivity contribution in [2.75, 3.05) is 39.8 Å². The maximum atomic E-state index is 9.45. The van der Waals surface area contributed by atoms with Gasteiger partial charge in [0.15, 0.2) is 0 Å². The molecule has 0 saturated carbocycles. The highest BCUT2D eigenvalue weighted by Gasteiger charge is 2.19. The Morgan fingerprint density at radius 3 is 2.43 bits per heavy atom. The van der Waals surface area contributed by atoms with Gasteiger partial charge in [-0.1, -0.05) is 0 Å². The van der Waals surface area contributed by atoms with Gasteiger partial charge < -0.3 is 9.84 Å². The third-order valence-electron chi connectivity index (χ3n) is 4.11. The summed E-state index contributed by atoms with van der Waals surface area (Å²) in [5, 5.41) is 9.45. The largest absolute Gasteiger partial charge is 0.496 e. The van der Waals surface area contributed by atoms with E-state index in [1.54, 1.807) is 7.11 Å². The number of nitrogens with zero attached hydrogens (tertiary/aromatic N) is 3. The molecule has 2 rings (SSSR count). The Balaban J connectivity index is 1.95. The number of β-amino-alcohol motifs (C(OH)–C–C–N with tert-alkyl or cyclic N) is 1. The molecule has 1 aromatic heterocycles. The van der Waals surface area contributed by atoms with E-state index < -0.39 is 0 Å². The molecule has 0 spiro atoms. The molecule has 0 bridgehead atoms. The van der Waals surface area contributed by atoms with Crippen LogP contribution in [-0.2, 0) is 6.54 Å². The van der Waals surface area contributed by atoms with Crippen molar-refractivity contribution in [2.24, 2.45) is 0 Å². The number of methoxy groups -OCH3 is 1. The minimum absolute atomic E-state index is 0.248. The first kappa shape index (κ1) is 16.2. The van der Waals surface area contributed by atoms with Crippen LogP contribution in [0.4, 0.5) is 0 Å². The third-order valence-corrected chi connectivity index (χ3v) is 4.11. The quantitative estimate of drug-likeness (QED) is 0.884. The van der Waals surface area contributed by atoms with Crippen molar-refractivity contribution in [2.45, 2.75) is 33.4 Å². The molecule has 21 heavy (non-hydrogen) atoms. The minimum atomic E-state index is -0.248. The Morgan fingerprint density at radius 2 is 1.86 bits per heavy atom. The number of hydrogen-bond acceptors (Lipinski definition) is 5. The predicted octanol–water partition coefficient (Wildman–Crippen LogP) is 1.21. The molecule has 5 heteroatoms. The summed E-state index contributed by atoms with van der Waals surface area (Å²) in [6.45, 7) is 11.6. The zero-order chi connectivity index (χ0) is 15.4. The lowest BCUT2D eigenvalue weighted by molar-refractivity contribution is 0.0775. The van der Waals surface area contributed by atoms with Gasteiger partial charge in [0, 0.05) is 56.6 Å². The number of aryl methyl sites for hydroxylation is 1. The highest BCUT2D eigenvalue weighted by molar-refractivity contribution is 5.41. The van der Waals surface area contributed by atoms with Crippen LogP contribution in [0.3, 0.4) is 0 Å². The molecular weight excluding hydrogens is 266 g/mol. The second kappa shape index (κ2) is 7.20. The summed E-state index contributed by atoms with van der Waals surface area (Å²) in [6.07, 6.45) is 1.65. The number of aliphatic hydroxyl groups is 1. The summed E-state index contributed by atoms with van der Waals surface area (Å²) in [5.41, 5.74) is 3.32. The SMILES string of the molecule is COc1c(C)cnc(CN2CCN(C[C@H](C)O)CC2)c1C. The van der Waals surface area contributed by atoms with Gasteiger partial charge in [-0.25, -0.2) is 0 Å². The average molecular weight is 293 g/mol. The van der Waals surface area contributed by atoms with Crippen LogP contribution in [0.2, 0.25) is 0 Å². The average Bonchev–Trinajstić information content (AvgIpc) is 2.44. The molecule has 0 unspecified atom stereocenters. The smallest absolute Gasteiger partial charge is 0.128 e. The fraction of sp³-hybridized carbons (Fsp3) is 0.688. The molecule has 0 radical (unpaired) electrons. The fourth-order valence-corrected chi connectivity index (χ4v) is 2.95. The zero-order valence-electron chi connectivity index (χ0n) is 13.6. The van der Waals surface area contributed by atoms with E-state index in [1.165, 1.54) is 0 Å². The van der Waals surface area contributed by atoms with E-state index in [4.69, 9.17) is 4.74 Å². The molecular formula is C16H27N3O2. The van der Waals surface area contributed by atoms with E-state index in [9.17, 15) is 5.11 Å². The number of piperazine rings is 1. The normalized spacial score (nSPS) is 18.7. The third kappa shape index (κ3) is 4.15. The molecule has 1 N–H and O–H groups in total. The van der Waals surface area contributed by atoms with Crippen molar-refractivity contribution in [1.29, 1.82) is 0 Å². The lowest BCUT2D eigenvalue weighted by Crippen LogP contribution is -2.47. The van der Waals surface area contributed by atoms with E-state index in [0.29, 0.717) is 0 Å². The molecule has 1 saturated heterocycles. The van der Waals surface area contributed by atoms with Gasteiger partial charge >= 0.3 is 0 Å². The molecule has 1 atom stereocenters. The fourth-order valence-electron chi connectivity index (χ4n) is 2.95. The van der Waals surface area contributed by atoms with Crippen LogP contribution < -0.4 is 4.74 Å². The van der Waals surface area contributed by atoms with Gasteiger partial charge in [-0.3, -0.25) is 14.8 Å². The maximum Gasteiger partial charge on any atom is 0.128 e. The van der Waals surface area contributed by atoms with Crippen LogP contribution in [0.15, 0.2) is 6.20 Å². The number of aromatic nitrogens is 1. The zero-order valence-corrected chi connectivity index (χ0v) is 13.6. The standard InChI is InChI=1S/C16H27N3O2/c1-12-9-17-15(14(3)16(12)21-4)11-19-7-5-18(6-8-19)10-13(2)20/h9,13,20H,5-8,10-11H2,1-4H3/t13-/m0/s1. The van der Waals surface area contributed by atoms with Crippen molar-refractivity contribution in [3.8, 4) is 5.75 Å². The van der Waals surface area contributed by atoms with E-state index in [-0.39, 0.29) is 6.10 Å². The van der Waals surface area contributed by atoms with Gasteiger partial charge in [0.05, 0.1) is 18.9 Å². The van der Waals surface area contributed by atoms with Gasteiger partial charge in [0.1, 0.15) is 5.75 Å². The van der Waals surface area contributed by atoms with Crippen molar-refractivity contribution < 1.29 is 9.84 Å². The second-order valence-electron chi connectivity index (χ2n) is 5.97. The van der Waals surface area contributed by atoms with Gasteiger partial charge in [-0.2, -0.15) is 0 Å². The molecule has 1 aliphatic rings. The first-order valence-electron chi connectivity index (χ1n) is 7.63. The van der Waals surface area contributed by atoms with E-state index in [2.05, 4.69) is 21.7 Å². The molecule has 0 amide bonds. The van der Waals surface area contributed by atoms with E-state index in [1.807, 2.05) is 20.0 Å². The van der Waals surface area contributed by atoms with E-state index in [0.717, 1.165) is 61.8 Å². The van der Waals surface area contributed by atoms with E-state index >= 15 is 0 Å². The molecule has 5 nitrogen and oxygen atoms in total. The van der Waals surface area contributed by atoms with Crippen LogP contribution in [0.5, 0.6) is 5.75 Å². The van der Waals surface area contributed by atoms with Crippen molar-refractivity contribution >= 4 is 0 Å². The minimum Gasteiger partial charge on any atom is -0.496 e. The lowest BCUT2D eigenvalue weighted by Gasteiger charge is -2.35. The van der Waals surface area contributed by atoms with Gasteiger partial charge in [0.25, 0.3) is 0 Å². The Labute approximate surface area is 127 Å². The first-order chi connectivity index (χ1) is 10.0. The summed E-state index contributed by atoms with van der Waals surface area (Å²) < 4.78 is 5.47. The predicted molar refractivity (Wildman–Crippen MR) is 83.7 cm³/mol. The maximum absolute atomic E-state index is 9.45. The Morgan fingerprint density at radius 1 is 1.24 bits per heavy atom. The summed E-state index contributed by atoms with van der Waals surface area (Å²) in [5.74, 6) is 0.952. The van der Waals surface area contributed by atoms with Crippen LogP contribution in [-0.4, -0.2) is 65.8 Å². The molecule has 0 aromatic carbocycles. The summed E-state index contributed by atoms with van der Waals surface area (Å²) in [4.78, 5) is 9.31. The van der Waals surface area contributed by atoms with Crippen LogP contribution in [0.25, 0.3) is 0 Å². The van der Waals surface area contributed by atoms with Crippen molar-refractivity contribution in [3.63, 3.8) is 0 Å². The highest BCUT2D eigenvalue weighted by Crippen LogP contribution is 2.24. The van der Waals surface area contributed by atoms with Crippen molar-refractivity contribution in [3.05, 3.63) is 23.0 Å². The Hall–Kier alpha value is -1.17. The summed E-state index contributed by atoms with van der Waals surface area (Å²) in [6, 6.07) is 0. The first-order valence-corrected chi connectivity index (χ1v) is 7.63. The van der Waals surface area contributed by atoms with Crippen LogP contribution in [0, 0.1) is 13.8 Å². The van der Waals surface area contributed by atoms with Crippen LogP contribution in [0.1, 0.15) is 23.7 Å². The number of aliphatic hydroxyl groups excluding tert-OH is 1.